The van der Waals surface area contributed by atoms with Crippen LogP contribution in [0.15, 0.2) is 18.3 Å². The minimum absolute atomic E-state index is 0.0109. The molecule has 0 unspecified atom stereocenters. The zero-order chi connectivity index (χ0) is 10.6. The van der Waals surface area contributed by atoms with Gasteiger partial charge in [0.05, 0.1) is 0 Å². The molecule has 0 spiro atoms. The van der Waals surface area contributed by atoms with Crippen LogP contribution in [0.1, 0.15) is 25.8 Å². The van der Waals surface area contributed by atoms with Gasteiger partial charge in [-0.25, -0.2) is 4.98 Å². The average molecular weight is 193 g/mol. The molecule has 1 heterocycles. The zero-order valence-corrected chi connectivity index (χ0v) is 9.17. The SMILES string of the molecule is Cc1ccc(NC(C)(C)CCN)nc1. The Bertz CT molecular complexity index is 277. The molecule has 0 aliphatic carbocycles. The van der Waals surface area contributed by atoms with E-state index in [4.69, 9.17) is 5.73 Å². The van der Waals surface area contributed by atoms with Gasteiger partial charge in [0, 0.05) is 11.7 Å². The summed E-state index contributed by atoms with van der Waals surface area (Å²) in [6.45, 7) is 6.97. The molecule has 0 fully saturated rings. The number of hydrogen-bond acceptors (Lipinski definition) is 3. The van der Waals surface area contributed by atoms with Crippen molar-refractivity contribution >= 4 is 5.82 Å². The van der Waals surface area contributed by atoms with Crippen molar-refractivity contribution in [1.82, 2.24) is 4.98 Å². The highest BCUT2D eigenvalue weighted by molar-refractivity contribution is 5.37. The Hall–Kier alpha value is -1.09. The van der Waals surface area contributed by atoms with Crippen molar-refractivity contribution < 1.29 is 0 Å². The first-order valence-electron chi connectivity index (χ1n) is 4.94. The van der Waals surface area contributed by atoms with Crippen molar-refractivity contribution in [3.63, 3.8) is 0 Å². The Labute approximate surface area is 85.7 Å². The Morgan fingerprint density at radius 1 is 1.43 bits per heavy atom. The van der Waals surface area contributed by atoms with Crippen molar-refractivity contribution in [3.05, 3.63) is 23.9 Å². The van der Waals surface area contributed by atoms with E-state index in [1.807, 2.05) is 25.3 Å². The molecule has 0 amide bonds. The van der Waals surface area contributed by atoms with E-state index >= 15 is 0 Å². The van der Waals surface area contributed by atoms with E-state index in [2.05, 4.69) is 24.1 Å². The summed E-state index contributed by atoms with van der Waals surface area (Å²) < 4.78 is 0. The molecule has 0 atom stereocenters. The van der Waals surface area contributed by atoms with Gasteiger partial charge in [-0.3, -0.25) is 0 Å². The summed E-state index contributed by atoms with van der Waals surface area (Å²) in [5.41, 5.74) is 6.72. The third-order valence-electron chi connectivity index (χ3n) is 2.15. The van der Waals surface area contributed by atoms with Crippen LogP contribution in [0.2, 0.25) is 0 Å². The van der Waals surface area contributed by atoms with Crippen LogP contribution in [-0.2, 0) is 0 Å². The lowest BCUT2D eigenvalue weighted by Gasteiger charge is -2.26. The number of nitrogens with two attached hydrogens (primary N) is 1. The first kappa shape index (κ1) is 11.0. The van der Waals surface area contributed by atoms with Crippen LogP contribution < -0.4 is 11.1 Å². The molecule has 3 heteroatoms. The Balaban J connectivity index is 2.64. The van der Waals surface area contributed by atoms with Gasteiger partial charge in [0.15, 0.2) is 0 Å². The second kappa shape index (κ2) is 4.42. The van der Waals surface area contributed by atoms with E-state index in [1.165, 1.54) is 5.56 Å². The Morgan fingerprint density at radius 3 is 2.64 bits per heavy atom. The Morgan fingerprint density at radius 2 is 2.14 bits per heavy atom. The van der Waals surface area contributed by atoms with Crippen LogP contribution >= 0.6 is 0 Å². The number of anilines is 1. The summed E-state index contributed by atoms with van der Waals surface area (Å²) in [5, 5.41) is 3.36. The fourth-order valence-electron chi connectivity index (χ4n) is 1.31. The number of pyridine rings is 1. The van der Waals surface area contributed by atoms with Gasteiger partial charge in [-0.2, -0.15) is 0 Å². The average Bonchev–Trinajstić information content (AvgIpc) is 2.08. The summed E-state index contributed by atoms with van der Waals surface area (Å²) in [6, 6.07) is 4.04. The zero-order valence-electron chi connectivity index (χ0n) is 9.17. The normalized spacial score (nSPS) is 11.4. The molecule has 3 N–H and O–H groups in total. The van der Waals surface area contributed by atoms with Crippen molar-refractivity contribution in [2.45, 2.75) is 32.7 Å². The quantitative estimate of drug-likeness (QED) is 0.768. The predicted molar refractivity (Wildman–Crippen MR) is 60.3 cm³/mol. The summed E-state index contributed by atoms with van der Waals surface area (Å²) >= 11 is 0. The van der Waals surface area contributed by atoms with Crippen LogP contribution in [0.25, 0.3) is 0 Å². The number of nitrogens with zero attached hydrogens (tertiary/aromatic N) is 1. The second-order valence-corrected chi connectivity index (χ2v) is 4.27. The van der Waals surface area contributed by atoms with Gasteiger partial charge < -0.3 is 11.1 Å². The fourth-order valence-corrected chi connectivity index (χ4v) is 1.31. The number of aryl methyl sites for hydroxylation is 1. The molecule has 1 rings (SSSR count). The molecule has 14 heavy (non-hydrogen) atoms. The number of hydrogen-bond donors (Lipinski definition) is 2. The number of nitrogens with one attached hydrogen (secondary N) is 1. The van der Waals surface area contributed by atoms with E-state index in [9.17, 15) is 0 Å². The van der Waals surface area contributed by atoms with Gasteiger partial charge in [0.1, 0.15) is 5.82 Å². The molecule has 1 aromatic heterocycles. The van der Waals surface area contributed by atoms with Gasteiger partial charge >= 0.3 is 0 Å². The molecule has 0 saturated heterocycles. The smallest absolute Gasteiger partial charge is 0.126 e. The second-order valence-electron chi connectivity index (χ2n) is 4.27. The molecule has 3 nitrogen and oxygen atoms in total. The van der Waals surface area contributed by atoms with Crippen LogP contribution in [-0.4, -0.2) is 17.1 Å². The minimum atomic E-state index is 0.0109. The fraction of sp³-hybridized carbons (Fsp3) is 0.545. The largest absolute Gasteiger partial charge is 0.365 e. The van der Waals surface area contributed by atoms with E-state index in [-0.39, 0.29) is 5.54 Å². The van der Waals surface area contributed by atoms with Gasteiger partial charge in [0.25, 0.3) is 0 Å². The minimum Gasteiger partial charge on any atom is -0.365 e. The molecule has 1 aromatic rings. The first-order chi connectivity index (χ1) is 6.53. The van der Waals surface area contributed by atoms with Crippen molar-refractivity contribution in [2.75, 3.05) is 11.9 Å². The van der Waals surface area contributed by atoms with Gasteiger partial charge in [-0.15, -0.1) is 0 Å². The van der Waals surface area contributed by atoms with Gasteiger partial charge in [0.2, 0.25) is 0 Å². The molecule has 0 aliphatic heterocycles. The maximum Gasteiger partial charge on any atom is 0.126 e. The van der Waals surface area contributed by atoms with Crippen LogP contribution in [0.3, 0.4) is 0 Å². The van der Waals surface area contributed by atoms with E-state index in [0.717, 1.165) is 12.2 Å². The van der Waals surface area contributed by atoms with E-state index in [0.29, 0.717) is 6.54 Å². The summed E-state index contributed by atoms with van der Waals surface area (Å²) in [5.74, 6) is 0.911. The summed E-state index contributed by atoms with van der Waals surface area (Å²) in [7, 11) is 0. The highest BCUT2D eigenvalue weighted by Gasteiger charge is 2.16. The maximum absolute atomic E-state index is 5.53. The monoisotopic (exact) mass is 193 g/mol. The molecular weight excluding hydrogens is 174 g/mol. The van der Waals surface area contributed by atoms with Gasteiger partial charge in [-0.05, 0) is 45.4 Å². The number of rotatable bonds is 4. The molecule has 78 valence electrons. The highest BCUT2D eigenvalue weighted by Crippen LogP contribution is 2.15. The third-order valence-corrected chi connectivity index (χ3v) is 2.15. The van der Waals surface area contributed by atoms with Gasteiger partial charge in [-0.1, -0.05) is 6.07 Å². The molecule has 0 saturated carbocycles. The predicted octanol–water partition coefficient (Wildman–Crippen LogP) is 1.93. The third kappa shape index (κ3) is 3.34. The maximum atomic E-state index is 5.53. The molecule has 0 aromatic carbocycles. The van der Waals surface area contributed by atoms with Crippen molar-refractivity contribution in [2.24, 2.45) is 5.73 Å². The van der Waals surface area contributed by atoms with Crippen LogP contribution in [0.4, 0.5) is 5.82 Å². The molecule has 0 bridgehead atoms. The van der Waals surface area contributed by atoms with Crippen LogP contribution in [0, 0.1) is 6.92 Å². The lowest BCUT2D eigenvalue weighted by Crippen LogP contribution is -2.33. The highest BCUT2D eigenvalue weighted by atomic mass is 15.0. The number of aromatic nitrogens is 1. The van der Waals surface area contributed by atoms with Crippen molar-refractivity contribution in [1.29, 1.82) is 0 Å². The van der Waals surface area contributed by atoms with E-state index < -0.39 is 0 Å². The lowest BCUT2D eigenvalue weighted by molar-refractivity contribution is 0.524. The Kier molecular flexibility index (Phi) is 3.47. The topological polar surface area (TPSA) is 50.9 Å². The molecule has 0 aliphatic rings. The standard InChI is InChI=1S/C11H19N3/c1-9-4-5-10(13-8-9)14-11(2,3)6-7-12/h4-5,8H,6-7,12H2,1-3H3,(H,13,14). The lowest BCUT2D eigenvalue weighted by atomic mass is 10.0. The summed E-state index contributed by atoms with van der Waals surface area (Å²) in [4.78, 5) is 4.29. The molecule has 0 radical (unpaired) electrons. The van der Waals surface area contributed by atoms with E-state index in [1.54, 1.807) is 0 Å². The summed E-state index contributed by atoms with van der Waals surface area (Å²) in [6.07, 6.45) is 2.80. The van der Waals surface area contributed by atoms with Crippen molar-refractivity contribution in [3.8, 4) is 0 Å². The first-order valence-corrected chi connectivity index (χ1v) is 4.94. The van der Waals surface area contributed by atoms with Crippen LogP contribution in [0.5, 0.6) is 0 Å². The molecular formula is C11H19N3.